The van der Waals surface area contributed by atoms with Crippen LogP contribution in [-0.2, 0) is 16.0 Å². The van der Waals surface area contributed by atoms with Crippen molar-refractivity contribution in [2.45, 2.75) is 6.42 Å². The van der Waals surface area contributed by atoms with Crippen LogP contribution < -0.4 is 0 Å². The minimum Gasteiger partial charge on any atom is -0.504 e. The Bertz CT molecular complexity index is 1010. The van der Waals surface area contributed by atoms with E-state index in [-0.39, 0.29) is 29.3 Å². The van der Waals surface area contributed by atoms with Crippen LogP contribution >= 0.6 is 0 Å². The molecule has 2 heterocycles. The summed E-state index contributed by atoms with van der Waals surface area (Å²) < 4.78 is 6.08. The smallest absolute Gasteiger partial charge is 0.337 e. The van der Waals surface area contributed by atoms with Gasteiger partial charge < -0.3 is 14.9 Å². The van der Waals surface area contributed by atoms with Gasteiger partial charge in [0.25, 0.3) is 0 Å². The Kier molecular flexibility index (Phi) is 4.61. The second kappa shape index (κ2) is 7.01. The fraction of sp³-hybridized carbons (Fsp3) is 0.118. The van der Waals surface area contributed by atoms with Crippen molar-refractivity contribution in [2.24, 2.45) is 10.2 Å². The molecule has 1 aromatic carbocycles. The SMILES string of the molecule is COC(=O)c1ccc(N=Nc2c(CC(=O)O)nc3c(O)cccn23)cc1. The number of rotatable bonds is 5. The lowest BCUT2D eigenvalue weighted by Gasteiger charge is -2.00. The Morgan fingerprint density at radius 2 is 1.92 bits per heavy atom. The molecule has 0 atom stereocenters. The number of carbonyl (C=O) groups excluding carboxylic acids is 1. The summed E-state index contributed by atoms with van der Waals surface area (Å²) in [6, 6.07) is 9.26. The number of fused-ring (bicyclic) bond motifs is 1. The van der Waals surface area contributed by atoms with E-state index < -0.39 is 11.9 Å². The molecule has 0 spiro atoms. The van der Waals surface area contributed by atoms with Crippen LogP contribution in [0.15, 0.2) is 52.8 Å². The molecular formula is C17H14N4O5. The largest absolute Gasteiger partial charge is 0.504 e. The summed E-state index contributed by atoms with van der Waals surface area (Å²) >= 11 is 0. The molecule has 0 bridgehead atoms. The number of carboxylic acid groups (broad SMARTS) is 1. The summed E-state index contributed by atoms with van der Waals surface area (Å²) in [7, 11) is 1.29. The van der Waals surface area contributed by atoms with E-state index in [2.05, 4.69) is 19.9 Å². The summed E-state index contributed by atoms with van der Waals surface area (Å²) in [6.45, 7) is 0. The molecule has 0 amide bonds. The van der Waals surface area contributed by atoms with Crippen molar-refractivity contribution in [2.75, 3.05) is 7.11 Å². The number of ether oxygens (including phenoxy) is 1. The Hall–Kier alpha value is -3.75. The first-order valence-electron chi connectivity index (χ1n) is 7.50. The van der Waals surface area contributed by atoms with E-state index >= 15 is 0 Å². The third-order valence-electron chi connectivity index (χ3n) is 3.54. The van der Waals surface area contributed by atoms with Gasteiger partial charge in [0.15, 0.2) is 17.2 Å². The number of hydrogen-bond acceptors (Lipinski definition) is 7. The molecule has 0 unspecified atom stereocenters. The number of pyridine rings is 1. The van der Waals surface area contributed by atoms with Gasteiger partial charge in [-0.2, -0.15) is 0 Å². The van der Waals surface area contributed by atoms with E-state index in [1.54, 1.807) is 36.5 Å². The van der Waals surface area contributed by atoms with Gasteiger partial charge in [-0.1, -0.05) is 0 Å². The van der Waals surface area contributed by atoms with Crippen molar-refractivity contribution in [1.82, 2.24) is 9.38 Å². The second-order valence-electron chi connectivity index (χ2n) is 5.28. The molecule has 26 heavy (non-hydrogen) atoms. The van der Waals surface area contributed by atoms with Crippen LogP contribution in [-0.4, -0.2) is 38.6 Å². The topological polar surface area (TPSA) is 126 Å². The van der Waals surface area contributed by atoms with Crippen molar-refractivity contribution >= 4 is 29.1 Å². The zero-order chi connectivity index (χ0) is 18.7. The molecule has 9 heteroatoms. The summed E-state index contributed by atoms with van der Waals surface area (Å²) in [5.41, 5.74) is 1.19. The number of aromatic hydroxyl groups is 1. The second-order valence-corrected chi connectivity index (χ2v) is 5.28. The first-order chi connectivity index (χ1) is 12.5. The first kappa shape index (κ1) is 17.1. The first-order valence-corrected chi connectivity index (χ1v) is 7.50. The molecule has 0 saturated carbocycles. The van der Waals surface area contributed by atoms with E-state index in [0.717, 1.165) is 0 Å². The van der Waals surface area contributed by atoms with Crippen molar-refractivity contribution in [3.8, 4) is 5.75 Å². The predicted molar refractivity (Wildman–Crippen MR) is 90.2 cm³/mol. The maximum atomic E-state index is 11.4. The number of carboxylic acids is 1. The molecule has 0 aliphatic rings. The average Bonchev–Trinajstić information content (AvgIpc) is 2.97. The number of benzene rings is 1. The molecule has 132 valence electrons. The maximum Gasteiger partial charge on any atom is 0.337 e. The van der Waals surface area contributed by atoms with Gasteiger partial charge >= 0.3 is 11.9 Å². The van der Waals surface area contributed by atoms with Gasteiger partial charge in [-0.3, -0.25) is 9.20 Å². The normalized spacial score (nSPS) is 11.1. The van der Waals surface area contributed by atoms with E-state index in [1.807, 2.05) is 0 Å². The number of hydrogen-bond donors (Lipinski definition) is 2. The Labute approximate surface area is 147 Å². The fourth-order valence-electron chi connectivity index (χ4n) is 2.34. The number of nitrogens with zero attached hydrogens (tertiary/aromatic N) is 4. The molecule has 0 aliphatic carbocycles. The Morgan fingerprint density at radius 3 is 2.58 bits per heavy atom. The average molecular weight is 354 g/mol. The maximum absolute atomic E-state index is 11.4. The molecule has 2 N–H and O–H groups in total. The quantitative estimate of drug-likeness (QED) is 0.536. The molecule has 3 rings (SSSR count). The molecule has 2 aromatic heterocycles. The minimum absolute atomic E-state index is 0.0944. The van der Waals surface area contributed by atoms with Crippen LogP contribution in [0.1, 0.15) is 16.1 Å². The third-order valence-corrected chi connectivity index (χ3v) is 3.54. The van der Waals surface area contributed by atoms with Crippen molar-refractivity contribution in [3.63, 3.8) is 0 Å². The van der Waals surface area contributed by atoms with E-state index in [9.17, 15) is 14.7 Å². The number of imidazole rings is 1. The minimum atomic E-state index is -1.08. The van der Waals surface area contributed by atoms with Crippen LogP contribution in [0, 0.1) is 0 Å². The van der Waals surface area contributed by atoms with Crippen molar-refractivity contribution in [1.29, 1.82) is 0 Å². The van der Waals surface area contributed by atoms with Crippen molar-refractivity contribution in [3.05, 3.63) is 53.9 Å². The lowest BCUT2D eigenvalue weighted by atomic mass is 10.2. The number of aromatic nitrogens is 2. The molecule has 3 aromatic rings. The van der Waals surface area contributed by atoms with Crippen LogP contribution in [0.5, 0.6) is 5.75 Å². The monoisotopic (exact) mass is 354 g/mol. The van der Waals surface area contributed by atoms with Gasteiger partial charge in [-0.25, -0.2) is 9.78 Å². The lowest BCUT2D eigenvalue weighted by Crippen LogP contribution is -2.00. The van der Waals surface area contributed by atoms with Gasteiger partial charge in [0, 0.05) is 6.20 Å². The standard InChI is InChI=1S/C17H14N4O5/c1-26-17(25)10-4-6-11(7-5-10)19-20-15-12(9-14(23)24)18-16-13(22)3-2-8-21(15)16/h2-8,22H,9H2,1H3,(H,23,24). The number of carbonyl (C=O) groups is 2. The van der Waals surface area contributed by atoms with Gasteiger partial charge in [0.1, 0.15) is 0 Å². The third kappa shape index (κ3) is 3.36. The van der Waals surface area contributed by atoms with Gasteiger partial charge in [0.05, 0.1) is 30.5 Å². The lowest BCUT2D eigenvalue weighted by molar-refractivity contribution is -0.136. The molecule has 0 fully saturated rings. The number of azo groups is 1. The van der Waals surface area contributed by atoms with Gasteiger partial charge in [0.2, 0.25) is 0 Å². The highest BCUT2D eigenvalue weighted by molar-refractivity contribution is 5.89. The van der Waals surface area contributed by atoms with E-state index in [4.69, 9.17) is 5.11 Å². The van der Waals surface area contributed by atoms with Crippen LogP contribution in [0.4, 0.5) is 11.5 Å². The number of esters is 1. The van der Waals surface area contributed by atoms with Crippen LogP contribution in [0.25, 0.3) is 5.65 Å². The molecule has 9 nitrogen and oxygen atoms in total. The van der Waals surface area contributed by atoms with E-state index in [1.165, 1.54) is 17.6 Å². The predicted octanol–water partition coefficient (Wildman–Crippen LogP) is 2.87. The Balaban J connectivity index is 1.99. The summed E-state index contributed by atoms with van der Waals surface area (Å²) in [5, 5.41) is 27.1. The van der Waals surface area contributed by atoms with Crippen molar-refractivity contribution < 1.29 is 24.5 Å². The summed E-state index contributed by atoms with van der Waals surface area (Å²) in [6.07, 6.45) is 1.23. The zero-order valence-electron chi connectivity index (χ0n) is 13.7. The van der Waals surface area contributed by atoms with E-state index in [0.29, 0.717) is 11.3 Å². The summed E-state index contributed by atoms with van der Waals surface area (Å²) in [4.78, 5) is 26.6. The number of aliphatic carboxylic acids is 1. The van der Waals surface area contributed by atoms with Gasteiger partial charge in [-0.15, -0.1) is 10.2 Å². The van der Waals surface area contributed by atoms with Crippen LogP contribution in [0.2, 0.25) is 0 Å². The fourth-order valence-corrected chi connectivity index (χ4v) is 2.34. The number of methoxy groups -OCH3 is 1. The van der Waals surface area contributed by atoms with Gasteiger partial charge in [-0.05, 0) is 36.4 Å². The highest BCUT2D eigenvalue weighted by atomic mass is 16.5. The summed E-state index contributed by atoms with van der Waals surface area (Å²) in [5.74, 6) is -1.43. The highest BCUT2D eigenvalue weighted by Gasteiger charge is 2.17. The molecule has 0 radical (unpaired) electrons. The molecular weight excluding hydrogens is 340 g/mol. The zero-order valence-corrected chi connectivity index (χ0v) is 13.7. The highest BCUT2D eigenvalue weighted by Crippen LogP contribution is 2.28. The van der Waals surface area contributed by atoms with Crippen LogP contribution in [0.3, 0.4) is 0 Å². The molecule has 0 saturated heterocycles. The Morgan fingerprint density at radius 1 is 1.19 bits per heavy atom. The molecule has 0 aliphatic heterocycles.